The summed E-state index contributed by atoms with van der Waals surface area (Å²) in [6.45, 7) is 2.07. The second-order valence-electron chi connectivity index (χ2n) is 6.07. The minimum Gasteiger partial charge on any atom is -0.457 e. The van der Waals surface area contributed by atoms with Crippen LogP contribution < -0.4 is 15.4 Å². The molecule has 6 heteroatoms. The van der Waals surface area contributed by atoms with E-state index in [4.69, 9.17) is 15.5 Å². The van der Waals surface area contributed by atoms with Crippen LogP contribution in [0.1, 0.15) is 19.3 Å². The Morgan fingerprint density at radius 3 is 2.52 bits per heavy atom. The molecule has 0 saturated carbocycles. The lowest BCUT2D eigenvalue weighted by atomic mass is 10.1. The molecule has 0 radical (unpaired) electrons. The Balaban J connectivity index is 1.71. The molecule has 1 aliphatic heterocycles. The first-order valence-corrected chi connectivity index (χ1v) is 9.31. The molecule has 1 aromatic carbocycles. The van der Waals surface area contributed by atoms with Crippen LogP contribution >= 0.6 is 11.3 Å². The number of rotatable bonds is 4. The summed E-state index contributed by atoms with van der Waals surface area (Å²) < 4.78 is 6.07. The van der Waals surface area contributed by atoms with Crippen molar-refractivity contribution < 1.29 is 4.74 Å². The third kappa shape index (κ3) is 3.74. The summed E-state index contributed by atoms with van der Waals surface area (Å²) in [5.41, 5.74) is 6.65. The molecule has 128 valence electrons. The molecule has 4 rings (SSSR count). The fraction of sp³-hybridized carbons (Fsp3) is 0.263. The Labute approximate surface area is 151 Å². The molecule has 0 amide bonds. The van der Waals surface area contributed by atoms with E-state index in [2.05, 4.69) is 9.88 Å². The zero-order chi connectivity index (χ0) is 17.1. The number of nitrogen functional groups attached to an aromatic ring is 1. The molecule has 3 heterocycles. The summed E-state index contributed by atoms with van der Waals surface area (Å²) >= 11 is 1.44. The SMILES string of the molecule is Nc1ncc(-c2cc(Oc3ccccc3)cc(N3CCCCC3)n2)s1. The molecular weight excluding hydrogens is 332 g/mol. The van der Waals surface area contributed by atoms with Crippen LogP contribution in [-0.2, 0) is 0 Å². The largest absolute Gasteiger partial charge is 0.457 e. The number of ether oxygens (including phenoxy) is 1. The van der Waals surface area contributed by atoms with E-state index in [1.807, 2.05) is 42.5 Å². The van der Waals surface area contributed by atoms with E-state index in [1.54, 1.807) is 6.20 Å². The van der Waals surface area contributed by atoms with Crippen molar-refractivity contribution in [2.24, 2.45) is 0 Å². The molecule has 2 aromatic heterocycles. The molecule has 3 aromatic rings. The first kappa shape index (κ1) is 15.9. The molecular formula is C19H20N4OS. The van der Waals surface area contributed by atoms with Gasteiger partial charge in [-0.05, 0) is 31.4 Å². The van der Waals surface area contributed by atoms with Gasteiger partial charge in [0.1, 0.15) is 17.3 Å². The number of nitrogens with two attached hydrogens (primary N) is 1. The first-order chi connectivity index (χ1) is 12.3. The van der Waals surface area contributed by atoms with Crippen LogP contribution in [-0.4, -0.2) is 23.1 Å². The van der Waals surface area contributed by atoms with Crippen molar-refractivity contribution in [1.82, 2.24) is 9.97 Å². The van der Waals surface area contributed by atoms with Crippen molar-refractivity contribution in [3.8, 4) is 22.1 Å². The quantitative estimate of drug-likeness (QED) is 0.745. The zero-order valence-corrected chi connectivity index (χ0v) is 14.7. The summed E-state index contributed by atoms with van der Waals surface area (Å²) in [5, 5.41) is 0.547. The van der Waals surface area contributed by atoms with Crippen molar-refractivity contribution in [3.05, 3.63) is 48.7 Å². The monoisotopic (exact) mass is 352 g/mol. The van der Waals surface area contributed by atoms with Gasteiger partial charge in [-0.15, -0.1) is 0 Å². The van der Waals surface area contributed by atoms with Crippen molar-refractivity contribution in [3.63, 3.8) is 0 Å². The van der Waals surface area contributed by atoms with Gasteiger partial charge in [0, 0.05) is 31.4 Å². The van der Waals surface area contributed by atoms with Crippen molar-refractivity contribution in [2.75, 3.05) is 23.7 Å². The second-order valence-corrected chi connectivity index (χ2v) is 7.13. The Kier molecular flexibility index (Phi) is 4.52. The van der Waals surface area contributed by atoms with Crippen LogP contribution in [0, 0.1) is 0 Å². The summed E-state index contributed by atoms with van der Waals surface area (Å²) in [4.78, 5) is 12.3. The van der Waals surface area contributed by atoms with E-state index < -0.39 is 0 Å². The summed E-state index contributed by atoms with van der Waals surface area (Å²) in [7, 11) is 0. The Bertz CT molecular complexity index is 844. The number of pyridine rings is 1. The fourth-order valence-corrected chi connectivity index (χ4v) is 3.64. The predicted octanol–water partition coefficient (Wildman–Crippen LogP) is 4.57. The molecule has 1 saturated heterocycles. The summed E-state index contributed by atoms with van der Waals surface area (Å²) in [6.07, 6.45) is 5.46. The number of aromatic nitrogens is 2. The van der Waals surface area contributed by atoms with Crippen LogP contribution in [0.3, 0.4) is 0 Å². The van der Waals surface area contributed by atoms with Crippen LogP contribution in [0.15, 0.2) is 48.7 Å². The minimum absolute atomic E-state index is 0.547. The highest BCUT2D eigenvalue weighted by atomic mass is 32.1. The average molecular weight is 352 g/mol. The van der Waals surface area contributed by atoms with Gasteiger partial charge in [-0.3, -0.25) is 0 Å². The molecule has 0 atom stereocenters. The second kappa shape index (κ2) is 7.11. The van der Waals surface area contributed by atoms with Crippen molar-refractivity contribution in [1.29, 1.82) is 0 Å². The number of para-hydroxylation sites is 1. The van der Waals surface area contributed by atoms with Gasteiger partial charge >= 0.3 is 0 Å². The number of nitrogens with zero attached hydrogens (tertiary/aromatic N) is 3. The standard InChI is InChI=1S/C19H20N4OS/c20-19-21-13-17(25-19)16-11-15(24-14-7-3-1-4-8-14)12-18(22-16)23-9-5-2-6-10-23/h1,3-4,7-8,11-13H,2,5-6,9-10H2,(H2,20,21). The summed E-state index contributed by atoms with van der Waals surface area (Å²) in [6, 6.07) is 13.8. The van der Waals surface area contributed by atoms with Gasteiger partial charge in [0.2, 0.25) is 0 Å². The number of hydrogen-bond donors (Lipinski definition) is 1. The van der Waals surface area contributed by atoms with Gasteiger partial charge in [0.05, 0.1) is 10.6 Å². The highest BCUT2D eigenvalue weighted by Crippen LogP contribution is 2.33. The molecule has 0 spiro atoms. The fourth-order valence-electron chi connectivity index (χ4n) is 2.99. The number of anilines is 2. The number of hydrogen-bond acceptors (Lipinski definition) is 6. The molecule has 5 nitrogen and oxygen atoms in total. The third-order valence-corrected chi connectivity index (χ3v) is 5.07. The first-order valence-electron chi connectivity index (χ1n) is 8.49. The van der Waals surface area contributed by atoms with E-state index in [-0.39, 0.29) is 0 Å². The molecule has 1 fully saturated rings. The maximum atomic E-state index is 6.07. The van der Waals surface area contributed by atoms with E-state index in [9.17, 15) is 0 Å². The molecule has 1 aliphatic rings. The van der Waals surface area contributed by atoms with Crippen LogP contribution in [0.2, 0.25) is 0 Å². The van der Waals surface area contributed by atoms with Crippen LogP contribution in [0.4, 0.5) is 10.9 Å². The minimum atomic E-state index is 0.547. The lowest BCUT2D eigenvalue weighted by Crippen LogP contribution is -2.30. The van der Waals surface area contributed by atoms with Crippen molar-refractivity contribution >= 4 is 22.3 Å². The van der Waals surface area contributed by atoms with Gasteiger partial charge in [-0.25, -0.2) is 9.97 Å². The van der Waals surface area contributed by atoms with Gasteiger partial charge in [-0.2, -0.15) is 0 Å². The van der Waals surface area contributed by atoms with Gasteiger partial charge < -0.3 is 15.4 Å². The lowest BCUT2D eigenvalue weighted by molar-refractivity contribution is 0.481. The summed E-state index contributed by atoms with van der Waals surface area (Å²) in [5.74, 6) is 2.55. The lowest BCUT2D eigenvalue weighted by Gasteiger charge is -2.28. The van der Waals surface area contributed by atoms with Gasteiger partial charge in [0.25, 0.3) is 0 Å². The smallest absolute Gasteiger partial charge is 0.180 e. The number of piperidine rings is 1. The van der Waals surface area contributed by atoms with E-state index in [0.717, 1.165) is 41.0 Å². The molecule has 0 bridgehead atoms. The normalized spacial score (nSPS) is 14.5. The van der Waals surface area contributed by atoms with E-state index >= 15 is 0 Å². The van der Waals surface area contributed by atoms with Gasteiger partial charge in [0.15, 0.2) is 5.13 Å². The maximum Gasteiger partial charge on any atom is 0.180 e. The van der Waals surface area contributed by atoms with Crippen LogP contribution in [0.25, 0.3) is 10.6 Å². The van der Waals surface area contributed by atoms with E-state index in [0.29, 0.717) is 5.13 Å². The van der Waals surface area contributed by atoms with Gasteiger partial charge in [-0.1, -0.05) is 29.5 Å². The highest BCUT2D eigenvalue weighted by molar-refractivity contribution is 7.18. The van der Waals surface area contributed by atoms with E-state index in [1.165, 1.54) is 30.6 Å². The predicted molar refractivity (Wildman–Crippen MR) is 102 cm³/mol. The molecule has 25 heavy (non-hydrogen) atoms. The number of thiazole rings is 1. The molecule has 0 aliphatic carbocycles. The Hall–Kier alpha value is -2.60. The average Bonchev–Trinajstić information content (AvgIpc) is 3.10. The number of benzene rings is 1. The maximum absolute atomic E-state index is 6.07. The molecule has 0 unspecified atom stereocenters. The van der Waals surface area contributed by atoms with Crippen molar-refractivity contribution in [2.45, 2.75) is 19.3 Å². The third-order valence-electron chi connectivity index (χ3n) is 4.22. The Morgan fingerprint density at radius 1 is 1.00 bits per heavy atom. The van der Waals surface area contributed by atoms with Crippen LogP contribution in [0.5, 0.6) is 11.5 Å². The Morgan fingerprint density at radius 2 is 1.80 bits per heavy atom. The topological polar surface area (TPSA) is 64.3 Å². The highest BCUT2D eigenvalue weighted by Gasteiger charge is 2.16. The molecule has 2 N–H and O–H groups in total. The zero-order valence-electron chi connectivity index (χ0n) is 13.9.